The molecule has 1 N–H and O–H groups in total. The van der Waals surface area contributed by atoms with Crippen LogP contribution in [0.3, 0.4) is 0 Å². The maximum atomic E-state index is 11.3. The Morgan fingerprint density at radius 3 is 2.85 bits per heavy atom. The van der Waals surface area contributed by atoms with Crippen LogP contribution >= 0.6 is 22.6 Å². The van der Waals surface area contributed by atoms with Gasteiger partial charge in [-0.2, -0.15) is 5.10 Å². The SMILES string of the molecule is Cc1ccc([N+](=O)[O-])cc1-n1nc(-c2cccc(I)c2)c2c1NCCCC2. The second kappa shape index (κ2) is 7.30. The molecule has 0 saturated heterocycles. The lowest BCUT2D eigenvalue weighted by Crippen LogP contribution is -2.08. The molecule has 7 heteroatoms. The highest BCUT2D eigenvalue weighted by Crippen LogP contribution is 2.35. The highest BCUT2D eigenvalue weighted by Gasteiger charge is 2.23. The fourth-order valence-corrected chi connectivity index (χ4v) is 4.03. The van der Waals surface area contributed by atoms with Crippen LogP contribution in [0, 0.1) is 20.6 Å². The van der Waals surface area contributed by atoms with Crippen LogP contribution in [0.4, 0.5) is 11.5 Å². The molecule has 2 aromatic carbocycles. The van der Waals surface area contributed by atoms with E-state index in [1.807, 2.05) is 17.7 Å². The van der Waals surface area contributed by atoms with Crippen molar-refractivity contribution in [2.75, 3.05) is 11.9 Å². The first-order valence-electron chi connectivity index (χ1n) is 8.92. The van der Waals surface area contributed by atoms with Gasteiger partial charge in [-0.25, -0.2) is 4.68 Å². The Hall–Kier alpha value is -2.42. The summed E-state index contributed by atoms with van der Waals surface area (Å²) < 4.78 is 3.00. The average Bonchev–Trinajstić information content (AvgIpc) is 2.83. The number of rotatable bonds is 3. The number of non-ortho nitro benzene ring substituents is 1. The number of aromatic nitrogens is 2. The third-order valence-electron chi connectivity index (χ3n) is 4.86. The molecule has 6 nitrogen and oxygen atoms in total. The topological polar surface area (TPSA) is 73.0 Å². The molecule has 4 rings (SSSR count). The standard InChI is InChI=1S/C20H19IN4O2/c1-13-8-9-16(25(26)27)12-18(13)24-20-17(7-2-3-10-22-20)19(23-24)14-5-4-6-15(21)11-14/h4-6,8-9,11-12,22H,2-3,7,10H2,1H3. The second-order valence-electron chi connectivity index (χ2n) is 6.71. The Bertz CT molecular complexity index is 1030. The molecule has 0 unspecified atom stereocenters. The van der Waals surface area contributed by atoms with Gasteiger partial charge in [0.25, 0.3) is 5.69 Å². The van der Waals surface area contributed by atoms with Gasteiger partial charge in [0.1, 0.15) is 5.82 Å². The number of fused-ring (bicyclic) bond motifs is 1. The van der Waals surface area contributed by atoms with E-state index in [0.29, 0.717) is 0 Å². The summed E-state index contributed by atoms with van der Waals surface area (Å²) in [6, 6.07) is 13.2. The number of nitrogens with one attached hydrogen (secondary N) is 1. The molecular formula is C20H19IN4O2. The molecule has 0 radical (unpaired) electrons. The Labute approximate surface area is 170 Å². The molecular weight excluding hydrogens is 455 g/mol. The first kappa shape index (κ1) is 18.0. The van der Waals surface area contributed by atoms with Crippen LogP contribution in [0.15, 0.2) is 42.5 Å². The fraction of sp³-hybridized carbons (Fsp3) is 0.250. The van der Waals surface area contributed by atoms with Gasteiger partial charge < -0.3 is 5.32 Å². The van der Waals surface area contributed by atoms with Crippen molar-refractivity contribution in [2.24, 2.45) is 0 Å². The van der Waals surface area contributed by atoms with Gasteiger partial charge in [0, 0.05) is 33.4 Å². The minimum Gasteiger partial charge on any atom is -0.370 e. The van der Waals surface area contributed by atoms with Gasteiger partial charge in [-0.1, -0.05) is 18.2 Å². The smallest absolute Gasteiger partial charge is 0.271 e. The van der Waals surface area contributed by atoms with Crippen LogP contribution in [0.2, 0.25) is 0 Å². The summed E-state index contributed by atoms with van der Waals surface area (Å²) in [7, 11) is 0. The number of benzene rings is 2. The lowest BCUT2D eigenvalue weighted by Gasteiger charge is -2.11. The third-order valence-corrected chi connectivity index (χ3v) is 5.53. The Kier molecular flexibility index (Phi) is 4.86. The van der Waals surface area contributed by atoms with E-state index < -0.39 is 0 Å². The van der Waals surface area contributed by atoms with Crippen LogP contribution in [-0.4, -0.2) is 21.2 Å². The summed E-state index contributed by atoms with van der Waals surface area (Å²) in [4.78, 5) is 10.9. The highest BCUT2D eigenvalue weighted by molar-refractivity contribution is 14.1. The molecule has 0 aliphatic carbocycles. The van der Waals surface area contributed by atoms with E-state index in [9.17, 15) is 10.1 Å². The van der Waals surface area contributed by atoms with Crippen LogP contribution in [-0.2, 0) is 6.42 Å². The Morgan fingerprint density at radius 2 is 2.07 bits per heavy atom. The highest BCUT2D eigenvalue weighted by atomic mass is 127. The van der Waals surface area contributed by atoms with Crippen molar-refractivity contribution in [1.82, 2.24) is 9.78 Å². The van der Waals surface area contributed by atoms with Crippen molar-refractivity contribution in [2.45, 2.75) is 26.2 Å². The zero-order chi connectivity index (χ0) is 19.0. The first-order chi connectivity index (χ1) is 13.0. The maximum Gasteiger partial charge on any atom is 0.271 e. The Morgan fingerprint density at radius 1 is 1.22 bits per heavy atom. The van der Waals surface area contributed by atoms with Crippen molar-refractivity contribution in [1.29, 1.82) is 0 Å². The normalized spacial score (nSPS) is 13.6. The van der Waals surface area contributed by atoms with Crippen molar-refractivity contribution in [3.8, 4) is 16.9 Å². The molecule has 3 aromatic rings. The van der Waals surface area contributed by atoms with Gasteiger partial charge in [-0.3, -0.25) is 10.1 Å². The maximum absolute atomic E-state index is 11.3. The van der Waals surface area contributed by atoms with Crippen molar-refractivity contribution in [3.63, 3.8) is 0 Å². The van der Waals surface area contributed by atoms with Gasteiger partial charge in [-0.15, -0.1) is 0 Å². The van der Waals surface area contributed by atoms with Crippen LogP contribution in [0.1, 0.15) is 24.0 Å². The van der Waals surface area contributed by atoms with E-state index in [4.69, 9.17) is 5.10 Å². The number of nitrogens with zero attached hydrogens (tertiary/aromatic N) is 3. The summed E-state index contributed by atoms with van der Waals surface area (Å²) in [6.45, 7) is 2.83. The molecule has 138 valence electrons. The molecule has 1 aliphatic rings. The number of halogens is 1. The summed E-state index contributed by atoms with van der Waals surface area (Å²) in [6.07, 6.45) is 3.13. The molecule has 1 aromatic heterocycles. The van der Waals surface area contributed by atoms with Crippen LogP contribution in [0.5, 0.6) is 0 Å². The van der Waals surface area contributed by atoms with Crippen molar-refractivity contribution in [3.05, 3.63) is 67.3 Å². The van der Waals surface area contributed by atoms with Crippen molar-refractivity contribution < 1.29 is 4.92 Å². The number of hydrogen-bond acceptors (Lipinski definition) is 4. The van der Waals surface area contributed by atoms with E-state index in [-0.39, 0.29) is 10.6 Å². The summed E-state index contributed by atoms with van der Waals surface area (Å²) in [5.74, 6) is 0.949. The summed E-state index contributed by atoms with van der Waals surface area (Å²) >= 11 is 2.31. The van der Waals surface area contributed by atoms with Crippen molar-refractivity contribution >= 4 is 34.1 Å². The molecule has 0 bridgehead atoms. The van der Waals surface area contributed by atoms with E-state index in [2.05, 4.69) is 46.1 Å². The zero-order valence-electron chi connectivity index (χ0n) is 14.9. The van der Waals surface area contributed by atoms with E-state index >= 15 is 0 Å². The predicted octanol–water partition coefficient (Wildman–Crippen LogP) is 5.11. The van der Waals surface area contributed by atoms with E-state index in [1.54, 1.807) is 12.1 Å². The number of nitro groups is 1. The van der Waals surface area contributed by atoms with E-state index in [1.165, 1.54) is 11.6 Å². The molecule has 2 heterocycles. The average molecular weight is 474 g/mol. The van der Waals surface area contributed by atoms with Crippen LogP contribution in [0.25, 0.3) is 16.9 Å². The third kappa shape index (κ3) is 3.43. The molecule has 0 fully saturated rings. The first-order valence-corrected chi connectivity index (χ1v) is 9.99. The van der Waals surface area contributed by atoms with Gasteiger partial charge >= 0.3 is 0 Å². The zero-order valence-corrected chi connectivity index (χ0v) is 17.1. The number of nitro benzene ring substituents is 1. The lowest BCUT2D eigenvalue weighted by molar-refractivity contribution is -0.384. The summed E-state index contributed by atoms with van der Waals surface area (Å²) in [5.41, 5.74) is 4.97. The molecule has 0 amide bonds. The minimum absolute atomic E-state index is 0.0734. The van der Waals surface area contributed by atoms with Gasteiger partial charge in [-0.05, 0) is 66.5 Å². The van der Waals surface area contributed by atoms with Gasteiger partial charge in [0.15, 0.2) is 0 Å². The monoisotopic (exact) mass is 474 g/mol. The fourth-order valence-electron chi connectivity index (χ4n) is 3.48. The predicted molar refractivity (Wildman–Crippen MR) is 115 cm³/mol. The molecule has 27 heavy (non-hydrogen) atoms. The molecule has 0 atom stereocenters. The minimum atomic E-state index is -0.362. The Balaban J connectivity index is 1.94. The molecule has 1 aliphatic heterocycles. The van der Waals surface area contributed by atoms with Crippen LogP contribution < -0.4 is 5.32 Å². The van der Waals surface area contributed by atoms with Gasteiger partial charge in [0.2, 0.25) is 0 Å². The lowest BCUT2D eigenvalue weighted by atomic mass is 10.0. The second-order valence-corrected chi connectivity index (χ2v) is 7.96. The molecule has 0 spiro atoms. The molecule has 0 saturated carbocycles. The van der Waals surface area contributed by atoms with E-state index in [0.717, 1.165) is 57.7 Å². The summed E-state index contributed by atoms with van der Waals surface area (Å²) in [5, 5.41) is 19.7. The van der Waals surface area contributed by atoms with Gasteiger partial charge in [0.05, 0.1) is 16.3 Å². The largest absolute Gasteiger partial charge is 0.370 e. The quantitative estimate of drug-likeness (QED) is 0.326. The number of hydrogen-bond donors (Lipinski definition) is 1. The number of anilines is 1. The number of aryl methyl sites for hydroxylation is 1.